The highest BCUT2D eigenvalue weighted by Gasteiger charge is 2.33. The van der Waals surface area contributed by atoms with E-state index in [9.17, 15) is 22.8 Å². The van der Waals surface area contributed by atoms with Gasteiger partial charge in [0.15, 0.2) is 6.04 Å². The topological polar surface area (TPSA) is 98.7 Å². The number of urea groups is 1. The Morgan fingerprint density at radius 1 is 1.25 bits per heavy atom. The fourth-order valence-electron chi connectivity index (χ4n) is 1.34. The van der Waals surface area contributed by atoms with Gasteiger partial charge in [0.05, 0.1) is 17.9 Å². The van der Waals surface area contributed by atoms with Crippen LogP contribution in [-0.2, 0) is 11.0 Å². The number of carboxylic acids is 1. The molecule has 110 valence electrons. The van der Waals surface area contributed by atoms with Crippen LogP contribution in [0.25, 0.3) is 0 Å². The molecule has 0 aromatic heterocycles. The molecular formula is C11H11F3N2O4. The molecule has 0 saturated heterocycles. The highest BCUT2D eigenvalue weighted by atomic mass is 19.4. The molecule has 20 heavy (non-hydrogen) atoms. The lowest BCUT2D eigenvalue weighted by Crippen LogP contribution is -2.45. The molecule has 0 fully saturated rings. The zero-order valence-electron chi connectivity index (χ0n) is 9.94. The van der Waals surface area contributed by atoms with Gasteiger partial charge in [0.1, 0.15) is 0 Å². The van der Waals surface area contributed by atoms with Crippen molar-refractivity contribution in [1.29, 1.82) is 0 Å². The first-order chi connectivity index (χ1) is 9.25. The second kappa shape index (κ2) is 6.24. The van der Waals surface area contributed by atoms with Gasteiger partial charge >= 0.3 is 18.2 Å². The molecule has 0 aliphatic carbocycles. The Hall–Kier alpha value is -2.29. The van der Waals surface area contributed by atoms with E-state index in [2.05, 4.69) is 0 Å². The summed E-state index contributed by atoms with van der Waals surface area (Å²) >= 11 is 0. The molecule has 2 amide bonds. The molecule has 1 aromatic carbocycles. The molecule has 0 aliphatic heterocycles. The first kappa shape index (κ1) is 15.8. The Balaban J connectivity index is 2.84. The van der Waals surface area contributed by atoms with E-state index in [1.54, 1.807) is 0 Å². The molecule has 9 heteroatoms. The summed E-state index contributed by atoms with van der Waals surface area (Å²) < 4.78 is 37.9. The highest BCUT2D eigenvalue weighted by molar-refractivity contribution is 5.93. The van der Waals surface area contributed by atoms with E-state index >= 15 is 0 Å². The average Bonchev–Trinajstić information content (AvgIpc) is 2.35. The summed E-state index contributed by atoms with van der Waals surface area (Å²) in [6.07, 6.45) is -4.66. The van der Waals surface area contributed by atoms with Crippen LogP contribution in [0.3, 0.4) is 0 Å². The largest absolute Gasteiger partial charge is 0.480 e. The number of hydrogen-bond donors (Lipinski definition) is 4. The number of aliphatic hydroxyl groups is 1. The van der Waals surface area contributed by atoms with Crippen molar-refractivity contribution >= 4 is 17.7 Å². The lowest BCUT2D eigenvalue weighted by atomic mass is 10.1. The van der Waals surface area contributed by atoms with E-state index in [0.717, 1.165) is 18.2 Å². The van der Waals surface area contributed by atoms with Gasteiger partial charge < -0.3 is 20.8 Å². The van der Waals surface area contributed by atoms with E-state index in [1.807, 2.05) is 10.6 Å². The summed E-state index contributed by atoms with van der Waals surface area (Å²) in [4.78, 5) is 22.0. The minimum atomic E-state index is -4.66. The lowest BCUT2D eigenvalue weighted by molar-refractivity contribution is -0.140. The summed E-state index contributed by atoms with van der Waals surface area (Å²) in [6, 6.07) is 1.47. The first-order valence-corrected chi connectivity index (χ1v) is 5.33. The van der Waals surface area contributed by atoms with Gasteiger partial charge in [0, 0.05) is 0 Å². The zero-order chi connectivity index (χ0) is 15.3. The average molecular weight is 292 g/mol. The molecule has 0 saturated carbocycles. The second-order valence-corrected chi connectivity index (χ2v) is 3.72. The smallest absolute Gasteiger partial charge is 0.418 e. The second-order valence-electron chi connectivity index (χ2n) is 3.72. The van der Waals surface area contributed by atoms with Gasteiger partial charge in [-0.05, 0) is 12.1 Å². The van der Waals surface area contributed by atoms with Gasteiger partial charge in [-0.2, -0.15) is 13.2 Å². The van der Waals surface area contributed by atoms with Crippen molar-refractivity contribution in [2.75, 3.05) is 11.9 Å². The maximum absolute atomic E-state index is 12.6. The zero-order valence-corrected chi connectivity index (χ0v) is 9.94. The summed E-state index contributed by atoms with van der Waals surface area (Å²) in [5.74, 6) is -1.51. The molecule has 0 bridgehead atoms. The van der Waals surface area contributed by atoms with Crippen molar-refractivity contribution < 1.29 is 33.0 Å². The van der Waals surface area contributed by atoms with Crippen molar-refractivity contribution in [2.24, 2.45) is 0 Å². The van der Waals surface area contributed by atoms with Gasteiger partial charge in [-0.25, -0.2) is 9.59 Å². The van der Waals surface area contributed by atoms with Crippen LogP contribution in [0.2, 0.25) is 0 Å². The van der Waals surface area contributed by atoms with E-state index < -0.39 is 42.1 Å². The number of alkyl halides is 3. The number of anilines is 1. The van der Waals surface area contributed by atoms with Crippen LogP contribution in [-0.4, -0.2) is 34.9 Å². The third kappa shape index (κ3) is 4.12. The molecular weight excluding hydrogens is 281 g/mol. The van der Waals surface area contributed by atoms with Crippen LogP contribution in [0, 0.1) is 0 Å². The fourth-order valence-corrected chi connectivity index (χ4v) is 1.34. The quantitative estimate of drug-likeness (QED) is 0.671. The number of halogens is 3. The molecule has 0 heterocycles. The highest BCUT2D eigenvalue weighted by Crippen LogP contribution is 2.34. The number of carbonyl (C=O) groups excluding carboxylic acids is 1. The number of nitrogens with one attached hydrogen (secondary N) is 2. The van der Waals surface area contributed by atoms with Crippen LogP contribution in [0.4, 0.5) is 23.7 Å². The van der Waals surface area contributed by atoms with Crippen LogP contribution < -0.4 is 10.6 Å². The van der Waals surface area contributed by atoms with Crippen LogP contribution in [0.15, 0.2) is 24.3 Å². The number of carboxylic acid groups (broad SMARTS) is 1. The maximum Gasteiger partial charge on any atom is 0.418 e. The lowest BCUT2D eigenvalue weighted by Gasteiger charge is -2.16. The Labute approximate surface area is 111 Å². The van der Waals surface area contributed by atoms with Gasteiger partial charge in [-0.3, -0.25) is 0 Å². The summed E-state index contributed by atoms with van der Waals surface area (Å²) in [6.45, 7) is -0.885. The van der Waals surface area contributed by atoms with E-state index in [1.165, 1.54) is 6.07 Å². The molecule has 0 aliphatic rings. The number of aliphatic carboxylic acids is 1. The summed E-state index contributed by atoms with van der Waals surface area (Å²) in [5.41, 5.74) is -1.58. The van der Waals surface area contributed by atoms with E-state index in [4.69, 9.17) is 10.2 Å². The van der Waals surface area contributed by atoms with Gasteiger partial charge in [-0.15, -0.1) is 0 Å². The van der Waals surface area contributed by atoms with Crippen molar-refractivity contribution in [3.05, 3.63) is 29.8 Å². The predicted octanol–water partition coefficient (Wildman–Crippen LogP) is 1.27. The number of amides is 2. The minimum absolute atomic E-state index is 0.514. The number of hydrogen-bond acceptors (Lipinski definition) is 3. The standard InChI is InChI=1S/C11H11F3N2O4/c12-11(13,14)6-3-1-2-4-7(6)15-10(20)16-8(5-17)9(18)19/h1-4,8,17H,5H2,(H,18,19)(H2,15,16,20)/t8-/m0/s1. The van der Waals surface area contributed by atoms with Crippen molar-refractivity contribution in [2.45, 2.75) is 12.2 Å². The summed E-state index contributed by atoms with van der Waals surface area (Å²) in [7, 11) is 0. The third-order valence-corrected chi connectivity index (χ3v) is 2.27. The minimum Gasteiger partial charge on any atom is -0.480 e. The van der Waals surface area contributed by atoms with Crippen LogP contribution >= 0.6 is 0 Å². The molecule has 1 aromatic rings. The van der Waals surface area contributed by atoms with Crippen LogP contribution in [0.5, 0.6) is 0 Å². The first-order valence-electron chi connectivity index (χ1n) is 5.33. The van der Waals surface area contributed by atoms with Crippen LogP contribution in [0.1, 0.15) is 5.56 Å². The van der Waals surface area contributed by atoms with Crippen molar-refractivity contribution in [3.63, 3.8) is 0 Å². The molecule has 0 radical (unpaired) electrons. The summed E-state index contributed by atoms with van der Waals surface area (Å²) in [5, 5.41) is 21.0. The van der Waals surface area contributed by atoms with Crippen molar-refractivity contribution in [1.82, 2.24) is 5.32 Å². The number of carbonyl (C=O) groups is 2. The third-order valence-electron chi connectivity index (χ3n) is 2.27. The Morgan fingerprint density at radius 3 is 2.35 bits per heavy atom. The Kier molecular flexibility index (Phi) is 4.92. The normalized spacial score (nSPS) is 12.6. The van der Waals surface area contributed by atoms with E-state index in [-0.39, 0.29) is 0 Å². The van der Waals surface area contributed by atoms with E-state index in [0.29, 0.717) is 0 Å². The number of benzene rings is 1. The maximum atomic E-state index is 12.6. The molecule has 0 unspecified atom stereocenters. The SMILES string of the molecule is O=C(Nc1ccccc1C(F)(F)F)N[C@@H](CO)C(=O)O. The number of para-hydroxylation sites is 1. The monoisotopic (exact) mass is 292 g/mol. The molecule has 4 N–H and O–H groups in total. The van der Waals surface area contributed by atoms with Gasteiger partial charge in [0.25, 0.3) is 0 Å². The molecule has 1 rings (SSSR count). The molecule has 6 nitrogen and oxygen atoms in total. The van der Waals surface area contributed by atoms with Gasteiger partial charge in [-0.1, -0.05) is 12.1 Å². The number of aliphatic hydroxyl groups excluding tert-OH is 1. The predicted molar refractivity (Wildman–Crippen MR) is 62.1 cm³/mol. The number of rotatable bonds is 4. The Bertz CT molecular complexity index is 505. The van der Waals surface area contributed by atoms with Crippen molar-refractivity contribution in [3.8, 4) is 0 Å². The molecule has 1 atom stereocenters. The fraction of sp³-hybridized carbons (Fsp3) is 0.273. The molecule has 0 spiro atoms. The Morgan fingerprint density at radius 2 is 1.85 bits per heavy atom. The van der Waals surface area contributed by atoms with Gasteiger partial charge in [0.2, 0.25) is 0 Å².